The highest BCUT2D eigenvalue weighted by molar-refractivity contribution is 5.74. The number of nitrogens with one attached hydrogen (secondary N) is 1. The molecule has 110 valence electrons. The van der Waals surface area contributed by atoms with Gasteiger partial charge in [0.15, 0.2) is 5.82 Å². The van der Waals surface area contributed by atoms with E-state index in [-0.39, 0.29) is 6.03 Å². The molecule has 1 aromatic heterocycles. The van der Waals surface area contributed by atoms with E-state index in [0.717, 1.165) is 44.7 Å². The molecule has 3 rings (SSSR count). The SMILES string of the molecule is O=C(NCc1noc(C2CC2)n1)N1CCCCCCC1. The molecule has 1 saturated carbocycles. The van der Waals surface area contributed by atoms with Crippen LogP contribution in [-0.2, 0) is 6.54 Å². The van der Waals surface area contributed by atoms with Crippen molar-refractivity contribution in [1.82, 2.24) is 20.4 Å². The van der Waals surface area contributed by atoms with Crippen molar-refractivity contribution in [2.24, 2.45) is 0 Å². The van der Waals surface area contributed by atoms with Gasteiger partial charge >= 0.3 is 6.03 Å². The smallest absolute Gasteiger partial charge is 0.317 e. The van der Waals surface area contributed by atoms with Gasteiger partial charge in [-0.25, -0.2) is 4.79 Å². The molecule has 0 aromatic carbocycles. The minimum absolute atomic E-state index is 0.00956. The number of carbonyl (C=O) groups is 1. The van der Waals surface area contributed by atoms with E-state index in [1.807, 2.05) is 4.90 Å². The Balaban J connectivity index is 1.47. The van der Waals surface area contributed by atoms with Crippen molar-refractivity contribution in [2.75, 3.05) is 13.1 Å². The molecule has 1 N–H and O–H groups in total. The second-order valence-electron chi connectivity index (χ2n) is 5.74. The maximum absolute atomic E-state index is 12.1. The molecule has 6 nitrogen and oxygen atoms in total. The Morgan fingerprint density at radius 3 is 2.60 bits per heavy atom. The van der Waals surface area contributed by atoms with Crippen LogP contribution in [0.15, 0.2) is 4.52 Å². The lowest BCUT2D eigenvalue weighted by Crippen LogP contribution is -2.41. The van der Waals surface area contributed by atoms with Gasteiger partial charge in [0.25, 0.3) is 0 Å². The van der Waals surface area contributed by atoms with Crippen LogP contribution in [0, 0.1) is 0 Å². The fourth-order valence-electron chi connectivity index (χ4n) is 2.55. The van der Waals surface area contributed by atoms with Gasteiger partial charge in [-0.2, -0.15) is 4.98 Å². The van der Waals surface area contributed by atoms with Gasteiger partial charge in [0.05, 0.1) is 6.54 Å². The van der Waals surface area contributed by atoms with E-state index < -0.39 is 0 Å². The van der Waals surface area contributed by atoms with Crippen molar-refractivity contribution >= 4 is 6.03 Å². The van der Waals surface area contributed by atoms with Crippen LogP contribution < -0.4 is 5.32 Å². The summed E-state index contributed by atoms with van der Waals surface area (Å²) in [7, 11) is 0. The van der Waals surface area contributed by atoms with E-state index in [4.69, 9.17) is 4.52 Å². The predicted octanol–water partition coefficient (Wildman–Crippen LogP) is 2.42. The van der Waals surface area contributed by atoms with E-state index in [1.54, 1.807) is 0 Å². The van der Waals surface area contributed by atoms with Crippen LogP contribution >= 0.6 is 0 Å². The zero-order chi connectivity index (χ0) is 13.8. The highest BCUT2D eigenvalue weighted by Crippen LogP contribution is 2.38. The zero-order valence-corrected chi connectivity index (χ0v) is 11.8. The summed E-state index contributed by atoms with van der Waals surface area (Å²) in [4.78, 5) is 18.3. The van der Waals surface area contributed by atoms with Crippen molar-refractivity contribution in [1.29, 1.82) is 0 Å². The topological polar surface area (TPSA) is 71.3 Å². The normalized spacial score (nSPS) is 20.3. The lowest BCUT2D eigenvalue weighted by Gasteiger charge is -2.24. The standard InChI is InChI=1S/C14H22N4O2/c19-14(18-8-4-2-1-3-5-9-18)15-10-12-16-13(20-17-12)11-6-7-11/h11H,1-10H2,(H,15,19). The first-order valence-corrected chi connectivity index (χ1v) is 7.68. The Bertz CT molecular complexity index is 448. The van der Waals surface area contributed by atoms with Gasteiger partial charge in [-0.1, -0.05) is 24.4 Å². The average Bonchev–Trinajstić information content (AvgIpc) is 3.15. The molecule has 2 heterocycles. The van der Waals surface area contributed by atoms with Crippen molar-refractivity contribution < 1.29 is 9.32 Å². The summed E-state index contributed by atoms with van der Waals surface area (Å²) >= 11 is 0. The molecule has 1 aliphatic heterocycles. The van der Waals surface area contributed by atoms with Crippen LogP contribution in [-0.4, -0.2) is 34.2 Å². The van der Waals surface area contributed by atoms with Crippen molar-refractivity contribution in [2.45, 2.75) is 57.4 Å². The van der Waals surface area contributed by atoms with E-state index in [0.29, 0.717) is 18.3 Å². The summed E-state index contributed by atoms with van der Waals surface area (Å²) in [6, 6.07) is -0.00956. The molecule has 2 aliphatic rings. The van der Waals surface area contributed by atoms with Crippen molar-refractivity contribution in [3.05, 3.63) is 11.7 Å². The van der Waals surface area contributed by atoms with E-state index in [9.17, 15) is 4.79 Å². The summed E-state index contributed by atoms with van der Waals surface area (Å²) in [6.07, 6.45) is 8.22. The molecule has 0 spiro atoms. The minimum atomic E-state index is -0.00956. The Kier molecular flexibility index (Phi) is 4.18. The van der Waals surface area contributed by atoms with Gasteiger partial charge in [-0.15, -0.1) is 0 Å². The monoisotopic (exact) mass is 278 g/mol. The molecule has 2 fully saturated rings. The maximum atomic E-state index is 12.1. The van der Waals surface area contributed by atoms with E-state index >= 15 is 0 Å². The summed E-state index contributed by atoms with van der Waals surface area (Å²) in [5.41, 5.74) is 0. The highest BCUT2D eigenvalue weighted by Gasteiger charge is 2.29. The van der Waals surface area contributed by atoms with Gasteiger partial charge in [0.2, 0.25) is 5.89 Å². The van der Waals surface area contributed by atoms with Gasteiger partial charge < -0.3 is 14.7 Å². The van der Waals surface area contributed by atoms with Gasteiger partial charge in [-0.3, -0.25) is 0 Å². The molecule has 1 aromatic rings. The third-order valence-electron chi connectivity index (χ3n) is 3.95. The highest BCUT2D eigenvalue weighted by atomic mass is 16.5. The molecule has 1 aliphatic carbocycles. The first-order chi connectivity index (χ1) is 9.83. The number of hydrogen-bond donors (Lipinski definition) is 1. The zero-order valence-electron chi connectivity index (χ0n) is 11.8. The van der Waals surface area contributed by atoms with Crippen LogP contribution in [0.1, 0.15) is 62.6 Å². The number of rotatable bonds is 3. The Labute approximate surface area is 118 Å². The van der Waals surface area contributed by atoms with Gasteiger partial charge in [0.1, 0.15) is 0 Å². The van der Waals surface area contributed by atoms with Crippen LogP contribution in [0.4, 0.5) is 4.79 Å². The molecule has 0 bridgehead atoms. The Hall–Kier alpha value is -1.59. The molecule has 0 unspecified atom stereocenters. The lowest BCUT2D eigenvalue weighted by molar-refractivity contribution is 0.191. The number of aromatic nitrogens is 2. The lowest BCUT2D eigenvalue weighted by atomic mass is 10.1. The molecule has 2 amide bonds. The molecule has 6 heteroatoms. The fraction of sp³-hybridized carbons (Fsp3) is 0.786. The summed E-state index contributed by atoms with van der Waals surface area (Å²) in [5, 5.41) is 6.80. The van der Waals surface area contributed by atoms with E-state index in [1.165, 1.54) is 19.3 Å². The summed E-state index contributed by atoms with van der Waals surface area (Å²) < 4.78 is 5.18. The first kappa shape index (κ1) is 13.4. The molecular formula is C14H22N4O2. The van der Waals surface area contributed by atoms with Gasteiger partial charge in [-0.05, 0) is 25.7 Å². The number of nitrogens with zero attached hydrogens (tertiary/aromatic N) is 3. The van der Waals surface area contributed by atoms with Crippen LogP contribution in [0.3, 0.4) is 0 Å². The van der Waals surface area contributed by atoms with Crippen molar-refractivity contribution in [3.8, 4) is 0 Å². The number of likely N-dealkylation sites (tertiary alicyclic amines) is 1. The van der Waals surface area contributed by atoms with Crippen molar-refractivity contribution in [3.63, 3.8) is 0 Å². The molecule has 1 saturated heterocycles. The summed E-state index contributed by atoms with van der Waals surface area (Å²) in [5.74, 6) is 1.76. The third kappa shape index (κ3) is 3.49. The quantitative estimate of drug-likeness (QED) is 0.921. The Morgan fingerprint density at radius 1 is 1.20 bits per heavy atom. The minimum Gasteiger partial charge on any atom is -0.339 e. The Morgan fingerprint density at radius 2 is 1.90 bits per heavy atom. The van der Waals surface area contributed by atoms with Gasteiger partial charge in [0, 0.05) is 19.0 Å². The maximum Gasteiger partial charge on any atom is 0.317 e. The second-order valence-corrected chi connectivity index (χ2v) is 5.74. The number of amides is 2. The third-order valence-corrected chi connectivity index (χ3v) is 3.95. The van der Waals surface area contributed by atoms with E-state index in [2.05, 4.69) is 15.5 Å². The fourth-order valence-corrected chi connectivity index (χ4v) is 2.55. The van der Waals surface area contributed by atoms with Crippen LogP contribution in [0.5, 0.6) is 0 Å². The summed E-state index contributed by atoms with van der Waals surface area (Å²) in [6.45, 7) is 2.06. The molecule has 20 heavy (non-hydrogen) atoms. The molecule has 0 radical (unpaired) electrons. The first-order valence-electron chi connectivity index (χ1n) is 7.68. The largest absolute Gasteiger partial charge is 0.339 e. The number of urea groups is 1. The predicted molar refractivity (Wildman–Crippen MR) is 73.2 cm³/mol. The average molecular weight is 278 g/mol. The van der Waals surface area contributed by atoms with Crippen LogP contribution in [0.2, 0.25) is 0 Å². The molecular weight excluding hydrogens is 256 g/mol. The second kappa shape index (κ2) is 6.24. The molecule has 0 atom stereocenters. The number of hydrogen-bond acceptors (Lipinski definition) is 4. The van der Waals surface area contributed by atoms with Crippen LogP contribution in [0.25, 0.3) is 0 Å². The number of carbonyl (C=O) groups excluding carboxylic acids is 1.